The number of amides is 1. The van der Waals surface area contributed by atoms with E-state index < -0.39 is 0 Å². The van der Waals surface area contributed by atoms with Crippen LogP contribution in [0.5, 0.6) is 5.75 Å². The molecule has 2 aromatic carbocycles. The molecule has 2 heterocycles. The number of nitrogens with zero attached hydrogens (tertiary/aromatic N) is 3. The van der Waals surface area contributed by atoms with E-state index in [2.05, 4.69) is 4.98 Å². The van der Waals surface area contributed by atoms with E-state index in [0.29, 0.717) is 11.8 Å². The van der Waals surface area contributed by atoms with Crippen molar-refractivity contribution in [2.24, 2.45) is 5.92 Å². The Morgan fingerprint density at radius 1 is 0.929 bits per heavy atom. The Labute approximate surface area is 164 Å². The van der Waals surface area contributed by atoms with Gasteiger partial charge in [-0.3, -0.25) is 9.78 Å². The van der Waals surface area contributed by atoms with Crippen LogP contribution in [-0.2, 0) is 4.79 Å². The Morgan fingerprint density at radius 2 is 1.64 bits per heavy atom. The topological polar surface area (TPSA) is 55.3 Å². The fourth-order valence-electron chi connectivity index (χ4n) is 3.78. The molecule has 0 unspecified atom stereocenters. The SMILES string of the molecule is O=C(C1CC1)N1CCC(Oc2ccc(-c3cnc4ccccc4n3)cc2)CC1. The molecule has 0 bridgehead atoms. The van der Waals surface area contributed by atoms with E-state index in [-0.39, 0.29) is 6.10 Å². The summed E-state index contributed by atoms with van der Waals surface area (Å²) in [7, 11) is 0. The molecule has 1 amide bonds. The number of likely N-dealkylation sites (tertiary alicyclic amines) is 1. The highest BCUT2D eigenvalue weighted by Crippen LogP contribution is 2.32. The zero-order chi connectivity index (χ0) is 18.9. The highest BCUT2D eigenvalue weighted by Gasteiger charge is 2.35. The molecule has 1 saturated heterocycles. The molecule has 3 aromatic rings. The Hall–Kier alpha value is -2.95. The van der Waals surface area contributed by atoms with Crippen LogP contribution in [0.1, 0.15) is 25.7 Å². The summed E-state index contributed by atoms with van der Waals surface area (Å²) in [5, 5.41) is 0. The van der Waals surface area contributed by atoms with E-state index in [1.807, 2.05) is 59.6 Å². The quantitative estimate of drug-likeness (QED) is 0.692. The van der Waals surface area contributed by atoms with Crippen LogP contribution in [0.2, 0.25) is 0 Å². The first-order valence-electron chi connectivity index (χ1n) is 10.0. The van der Waals surface area contributed by atoms with Gasteiger partial charge in [0.15, 0.2) is 0 Å². The average molecular weight is 373 g/mol. The number of hydrogen-bond acceptors (Lipinski definition) is 4. The van der Waals surface area contributed by atoms with Crippen LogP contribution in [0.25, 0.3) is 22.3 Å². The minimum atomic E-state index is 0.176. The summed E-state index contributed by atoms with van der Waals surface area (Å²) in [5.74, 6) is 1.52. The molecular formula is C23H23N3O2. The van der Waals surface area contributed by atoms with Crippen LogP contribution in [0.15, 0.2) is 54.7 Å². The zero-order valence-electron chi connectivity index (χ0n) is 15.8. The third-order valence-electron chi connectivity index (χ3n) is 5.58. The van der Waals surface area contributed by atoms with E-state index in [0.717, 1.165) is 66.8 Å². The first-order chi connectivity index (χ1) is 13.8. The lowest BCUT2D eigenvalue weighted by molar-refractivity contribution is -0.134. The first-order valence-corrected chi connectivity index (χ1v) is 10.0. The highest BCUT2D eigenvalue weighted by molar-refractivity contribution is 5.81. The average Bonchev–Trinajstić information content (AvgIpc) is 3.59. The van der Waals surface area contributed by atoms with Crippen LogP contribution < -0.4 is 4.74 Å². The third kappa shape index (κ3) is 3.57. The van der Waals surface area contributed by atoms with Crippen molar-refractivity contribution >= 4 is 16.9 Å². The van der Waals surface area contributed by atoms with Crippen molar-refractivity contribution in [1.29, 1.82) is 0 Å². The molecular weight excluding hydrogens is 350 g/mol. The summed E-state index contributed by atoms with van der Waals surface area (Å²) >= 11 is 0. The first kappa shape index (κ1) is 17.2. The molecule has 2 fully saturated rings. The van der Waals surface area contributed by atoms with Gasteiger partial charge in [0.25, 0.3) is 0 Å². The molecule has 28 heavy (non-hydrogen) atoms. The minimum Gasteiger partial charge on any atom is -0.490 e. The van der Waals surface area contributed by atoms with Crippen LogP contribution in [0.4, 0.5) is 0 Å². The van der Waals surface area contributed by atoms with Crippen molar-refractivity contribution in [2.45, 2.75) is 31.8 Å². The van der Waals surface area contributed by atoms with E-state index in [1.54, 1.807) is 0 Å². The van der Waals surface area contributed by atoms with Crippen LogP contribution in [-0.4, -0.2) is 40.0 Å². The van der Waals surface area contributed by atoms with Crippen molar-refractivity contribution in [1.82, 2.24) is 14.9 Å². The Bertz CT molecular complexity index is 990. The molecule has 0 atom stereocenters. The number of fused-ring (bicyclic) bond motifs is 1. The smallest absolute Gasteiger partial charge is 0.225 e. The molecule has 0 N–H and O–H groups in total. The molecule has 142 valence electrons. The second-order valence-electron chi connectivity index (χ2n) is 7.69. The van der Waals surface area contributed by atoms with Crippen LogP contribution in [0, 0.1) is 5.92 Å². The van der Waals surface area contributed by atoms with Gasteiger partial charge in [-0.15, -0.1) is 0 Å². The molecule has 1 aliphatic carbocycles. The number of hydrogen-bond donors (Lipinski definition) is 0. The van der Waals surface area contributed by atoms with Crippen molar-refractivity contribution in [3.8, 4) is 17.0 Å². The van der Waals surface area contributed by atoms with Crippen molar-refractivity contribution < 1.29 is 9.53 Å². The van der Waals surface area contributed by atoms with Gasteiger partial charge in [0, 0.05) is 37.4 Å². The second kappa shape index (κ2) is 7.23. The fourth-order valence-corrected chi connectivity index (χ4v) is 3.78. The number of aromatic nitrogens is 2. The lowest BCUT2D eigenvalue weighted by Crippen LogP contribution is -2.42. The monoisotopic (exact) mass is 373 g/mol. The maximum Gasteiger partial charge on any atom is 0.225 e. The predicted octanol–water partition coefficient (Wildman–Crippen LogP) is 4.08. The molecule has 5 rings (SSSR count). The number of piperidine rings is 1. The lowest BCUT2D eigenvalue weighted by atomic mass is 10.1. The molecule has 1 saturated carbocycles. The molecule has 1 aliphatic heterocycles. The number of ether oxygens (including phenoxy) is 1. The van der Waals surface area contributed by atoms with Crippen molar-refractivity contribution in [3.05, 3.63) is 54.7 Å². The lowest BCUT2D eigenvalue weighted by Gasteiger charge is -2.32. The van der Waals surface area contributed by atoms with Gasteiger partial charge in [-0.25, -0.2) is 4.98 Å². The molecule has 1 aromatic heterocycles. The highest BCUT2D eigenvalue weighted by atomic mass is 16.5. The second-order valence-corrected chi connectivity index (χ2v) is 7.69. The summed E-state index contributed by atoms with van der Waals surface area (Å²) < 4.78 is 6.15. The Morgan fingerprint density at radius 3 is 2.36 bits per heavy atom. The number of para-hydroxylation sites is 2. The molecule has 2 aliphatic rings. The number of benzene rings is 2. The Kier molecular flexibility index (Phi) is 4.43. The van der Waals surface area contributed by atoms with E-state index in [1.165, 1.54) is 0 Å². The van der Waals surface area contributed by atoms with Crippen molar-refractivity contribution in [2.75, 3.05) is 13.1 Å². The normalized spacial score (nSPS) is 17.6. The third-order valence-corrected chi connectivity index (χ3v) is 5.58. The van der Waals surface area contributed by atoms with Gasteiger partial charge in [-0.1, -0.05) is 12.1 Å². The fraction of sp³-hybridized carbons (Fsp3) is 0.348. The summed E-state index contributed by atoms with van der Waals surface area (Å²) in [6, 6.07) is 15.9. The van der Waals surface area contributed by atoms with Gasteiger partial charge in [0.2, 0.25) is 5.91 Å². The van der Waals surface area contributed by atoms with Gasteiger partial charge in [-0.05, 0) is 49.2 Å². The molecule has 0 spiro atoms. The predicted molar refractivity (Wildman–Crippen MR) is 108 cm³/mol. The summed E-state index contributed by atoms with van der Waals surface area (Å²) in [4.78, 5) is 23.3. The van der Waals surface area contributed by atoms with Crippen LogP contribution in [0.3, 0.4) is 0 Å². The number of carbonyl (C=O) groups is 1. The summed E-state index contributed by atoms with van der Waals surface area (Å²) in [5.41, 5.74) is 3.68. The minimum absolute atomic E-state index is 0.176. The van der Waals surface area contributed by atoms with Gasteiger partial charge in [0.05, 0.1) is 22.9 Å². The zero-order valence-corrected chi connectivity index (χ0v) is 15.8. The van der Waals surface area contributed by atoms with E-state index >= 15 is 0 Å². The molecule has 5 heteroatoms. The van der Waals surface area contributed by atoms with Crippen molar-refractivity contribution in [3.63, 3.8) is 0 Å². The largest absolute Gasteiger partial charge is 0.490 e. The van der Waals surface area contributed by atoms with Gasteiger partial charge < -0.3 is 9.64 Å². The van der Waals surface area contributed by atoms with Gasteiger partial charge in [0.1, 0.15) is 11.9 Å². The number of rotatable bonds is 4. The number of carbonyl (C=O) groups excluding carboxylic acids is 1. The summed E-state index contributed by atoms with van der Waals surface area (Å²) in [6.07, 6.45) is 5.93. The standard InChI is InChI=1S/C23H23N3O2/c27-23(17-5-6-17)26-13-11-19(12-14-26)28-18-9-7-16(8-10-18)22-15-24-20-3-1-2-4-21(20)25-22/h1-4,7-10,15,17,19H,5-6,11-14H2. The van der Waals surface area contributed by atoms with Gasteiger partial charge in [-0.2, -0.15) is 0 Å². The Balaban J connectivity index is 1.22. The van der Waals surface area contributed by atoms with Gasteiger partial charge >= 0.3 is 0 Å². The van der Waals surface area contributed by atoms with E-state index in [9.17, 15) is 4.79 Å². The van der Waals surface area contributed by atoms with E-state index in [4.69, 9.17) is 9.72 Å². The molecule has 0 radical (unpaired) electrons. The van der Waals surface area contributed by atoms with Crippen LogP contribution >= 0.6 is 0 Å². The maximum absolute atomic E-state index is 12.2. The molecule has 5 nitrogen and oxygen atoms in total. The maximum atomic E-state index is 12.2. The summed E-state index contributed by atoms with van der Waals surface area (Å²) in [6.45, 7) is 1.62.